The summed E-state index contributed by atoms with van der Waals surface area (Å²) in [7, 11) is 0. The van der Waals surface area contributed by atoms with E-state index in [1.54, 1.807) is 30.3 Å². The maximum absolute atomic E-state index is 12.1. The zero-order valence-corrected chi connectivity index (χ0v) is 15.3. The Balaban J connectivity index is 1.74. The number of amides is 1. The van der Waals surface area contributed by atoms with Crippen LogP contribution in [0.2, 0.25) is 0 Å². The van der Waals surface area contributed by atoms with E-state index in [4.69, 9.17) is 9.68 Å². The van der Waals surface area contributed by atoms with Crippen molar-refractivity contribution < 1.29 is 9.21 Å². The number of nitrogens with zero attached hydrogens (tertiary/aromatic N) is 2. The van der Waals surface area contributed by atoms with Crippen molar-refractivity contribution in [2.24, 2.45) is 5.10 Å². The molecule has 0 aliphatic rings. The van der Waals surface area contributed by atoms with Gasteiger partial charge in [-0.15, -0.1) is 0 Å². The van der Waals surface area contributed by atoms with E-state index >= 15 is 0 Å². The summed E-state index contributed by atoms with van der Waals surface area (Å²) in [4.78, 5) is 12.1. The van der Waals surface area contributed by atoms with Crippen molar-refractivity contribution in [1.29, 1.82) is 5.26 Å². The molecular formula is C17H9Br2N3O2. The minimum atomic E-state index is -0.445. The van der Waals surface area contributed by atoms with Crippen LogP contribution in [0.3, 0.4) is 0 Å². The lowest BCUT2D eigenvalue weighted by atomic mass is 10.2. The fourth-order valence-electron chi connectivity index (χ4n) is 2.05. The van der Waals surface area contributed by atoms with E-state index in [2.05, 4.69) is 42.4 Å². The van der Waals surface area contributed by atoms with Crippen LogP contribution in [0.1, 0.15) is 21.7 Å². The number of hydrazone groups is 1. The number of nitriles is 1. The zero-order chi connectivity index (χ0) is 17.1. The van der Waals surface area contributed by atoms with Gasteiger partial charge in [0.25, 0.3) is 0 Å². The minimum Gasteiger partial charge on any atom is -0.450 e. The first kappa shape index (κ1) is 16.4. The second kappa shape index (κ2) is 6.99. The third-order valence-electron chi connectivity index (χ3n) is 3.18. The highest BCUT2D eigenvalue weighted by Gasteiger charge is 2.14. The molecule has 0 radical (unpaired) electrons. The molecule has 118 valence electrons. The van der Waals surface area contributed by atoms with Crippen molar-refractivity contribution in [2.45, 2.75) is 0 Å². The molecule has 0 atom stereocenters. The molecule has 0 saturated carbocycles. The van der Waals surface area contributed by atoms with Crippen LogP contribution in [-0.2, 0) is 0 Å². The summed E-state index contributed by atoms with van der Waals surface area (Å²) in [6.45, 7) is 0. The van der Waals surface area contributed by atoms with Gasteiger partial charge in [-0.25, -0.2) is 5.43 Å². The van der Waals surface area contributed by atoms with Crippen LogP contribution in [0.5, 0.6) is 0 Å². The highest BCUT2D eigenvalue weighted by molar-refractivity contribution is 9.11. The number of nitrogens with one attached hydrogen (secondary N) is 1. The number of carbonyl (C=O) groups excluding carboxylic acids is 1. The molecule has 3 rings (SSSR count). The third kappa shape index (κ3) is 3.55. The lowest BCUT2D eigenvalue weighted by Crippen LogP contribution is -2.16. The number of carbonyl (C=O) groups is 1. The van der Waals surface area contributed by atoms with E-state index in [1.807, 2.05) is 18.2 Å². The lowest BCUT2D eigenvalue weighted by molar-refractivity contribution is 0.0929. The molecule has 1 N–H and O–H groups in total. The van der Waals surface area contributed by atoms with Gasteiger partial charge in [0.15, 0.2) is 5.76 Å². The Morgan fingerprint density at radius 3 is 2.67 bits per heavy atom. The molecule has 0 spiro atoms. The summed E-state index contributed by atoms with van der Waals surface area (Å²) in [6.07, 6.45) is 1.49. The molecule has 1 heterocycles. The summed E-state index contributed by atoms with van der Waals surface area (Å²) in [5, 5.41) is 13.4. The van der Waals surface area contributed by atoms with Crippen molar-refractivity contribution in [3.05, 3.63) is 68.3 Å². The van der Waals surface area contributed by atoms with Crippen molar-refractivity contribution in [3.63, 3.8) is 0 Å². The van der Waals surface area contributed by atoms with Gasteiger partial charge in [-0.3, -0.25) is 4.79 Å². The van der Waals surface area contributed by atoms with Gasteiger partial charge >= 0.3 is 5.91 Å². The van der Waals surface area contributed by atoms with E-state index in [-0.39, 0.29) is 5.76 Å². The standard InChI is InChI=1S/C17H9Br2N3O2/c18-13-5-12-6-15(24-16(12)14(19)7-13)17(23)22-21-9-11-3-1-10(8-20)2-4-11/h1-7,9H,(H,22,23)/b21-9-. The fraction of sp³-hybridized carbons (Fsp3) is 0. The second-order valence-electron chi connectivity index (χ2n) is 4.85. The minimum absolute atomic E-state index is 0.167. The summed E-state index contributed by atoms with van der Waals surface area (Å²) in [6, 6.07) is 14.2. The smallest absolute Gasteiger partial charge is 0.307 e. The summed E-state index contributed by atoms with van der Waals surface area (Å²) in [5.41, 5.74) is 4.35. The van der Waals surface area contributed by atoms with Gasteiger partial charge in [0.1, 0.15) is 5.58 Å². The Kier molecular flexibility index (Phi) is 4.79. The van der Waals surface area contributed by atoms with E-state index in [0.29, 0.717) is 11.1 Å². The largest absolute Gasteiger partial charge is 0.450 e. The van der Waals surface area contributed by atoms with Crippen LogP contribution < -0.4 is 5.43 Å². The van der Waals surface area contributed by atoms with Gasteiger partial charge in [0.2, 0.25) is 0 Å². The number of furan rings is 1. The van der Waals surface area contributed by atoms with Crippen LogP contribution in [0.25, 0.3) is 11.0 Å². The van der Waals surface area contributed by atoms with Gasteiger partial charge < -0.3 is 4.42 Å². The zero-order valence-electron chi connectivity index (χ0n) is 12.1. The van der Waals surface area contributed by atoms with E-state index < -0.39 is 5.91 Å². The van der Waals surface area contributed by atoms with E-state index in [9.17, 15) is 4.79 Å². The van der Waals surface area contributed by atoms with Gasteiger partial charge in [0.05, 0.1) is 22.3 Å². The molecule has 0 aliphatic carbocycles. The normalized spacial score (nSPS) is 10.9. The van der Waals surface area contributed by atoms with Crippen molar-refractivity contribution in [3.8, 4) is 6.07 Å². The van der Waals surface area contributed by atoms with Crippen LogP contribution >= 0.6 is 31.9 Å². The summed E-state index contributed by atoms with van der Waals surface area (Å²) in [5.74, 6) is -0.278. The van der Waals surface area contributed by atoms with Gasteiger partial charge in [0, 0.05) is 9.86 Å². The van der Waals surface area contributed by atoms with Gasteiger partial charge in [-0.05, 0) is 51.8 Å². The van der Waals surface area contributed by atoms with Crippen molar-refractivity contribution in [1.82, 2.24) is 5.43 Å². The number of hydrogen-bond donors (Lipinski definition) is 1. The first-order chi connectivity index (χ1) is 11.6. The maximum atomic E-state index is 12.1. The van der Waals surface area contributed by atoms with E-state index in [1.165, 1.54) is 6.21 Å². The molecule has 0 unspecified atom stereocenters. The molecule has 0 fully saturated rings. The molecule has 0 bridgehead atoms. The Morgan fingerprint density at radius 1 is 1.21 bits per heavy atom. The first-order valence-electron chi connectivity index (χ1n) is 6.79. The molecule has 0 aliphatic heterocycles. The predicted molar refractivity (Wildman–Crippen MR) is 97.8 cm³/mol. The van der Waals surface area contributed by atoms with Crippen LogP contribution in [0.4, 0.5) is 0 Å². The molecule has 5 nitrogen and oxygen atoms in total. The number of fused-ring (bicyclic) bond motifs is 1. The molecular weight excluding hydrogens is 438 g/mol. The molecule has 1 aromatic heterocycles. The van der Waals surface area contributed by atoms with Crippen LogP contribution in [-0.4, -0.2) is 12.1 Å². The highest BCUT2D eigenvalue weighted by atomic mass is 79.9. The lowest BCUT2D eigenvalue weighted by Gasteiger charge is -1.96. The average Bonchev–Trinajstić information content (AvgIpc) is 3.00. The topological polar surface area (TPSA) is 78.4 Å². The van der Waals surface area contributed by atoms with Crippen LogP contribution in [0, 0.1) is 11.3 Å². The van der Waals surface area contributed by atoms with Gasteiger partial charge in [-0.2, -0.15) is 10.4 Å². The molecule has 7 heteroatoms. The quantitative estimate of drug-likeness (QED) is 0.471. The maximum Gasteiger partial charge on any atom is 0.307 e. The summed E-state index contributed by atoms with van der Waals surface area (Å²) < 4.78 is 7.20. The molecule has 3 aromatic rings. The third-order valence-corrected chi connectivity index (χ3v) is 4.23. The Morgan fingerprint density at radius 2 is 1.96 bits per heavy atom. The first-order valence-corrected chi connectivity index (χ1v) is 8.37. The van der Waals surface area contributed by atoms with Crippen LogP contribution in [0.15, 0.2) is 60.9 Å². The monoisotopic (exact) mass is 445 g/mol. The van der Waals surface area contributed by atoms with Crippen molar-refractivity contribution >= 4 is 55.0 Å². The Hall–Kier alpha value is -2.43. The Bertz CT molecular complexity index is 985. The molecule has 0 saturated heterocycles. The number of benzene rings is 2. The molecule has 24 heavy (non-hydrogen) atoms. The predicted octanol–water partition coefficient (Wildman–Crippen LogP) is 4.59. The number of halogens is 2. The summed E-state index contributed by atoms with van der Waals surface area (Å²) >= 11 is 6.79. The molecule has 1 amide bonds. The van der Waals surface area contributed by atoms with Gasteiger partial charge in [-0.1, -0.05) is 28.1 Å². The number of hydrogen-bond acceptors (Lipinski definition) is 4. The van der Waals surface area contributed by atoms with E-state index in [0.717, 1.165) is 19.9 Å². The number of rotatable bonds is 3. The fourth-order valence-corrected chi connectivity index (χ4v) is 3.39. The second-order valence-corrected chi connectivity index (χ2v) is 6.62. The SMILES string of the molecule is N#Cc1ccc(/C=N\NC(=O)c2cc3cc(Br)cc(Br)c3o2)cc1. The molecule has 2 aromatic carbocycles. The van der Waals surface area contributed by atoms with Crippen molar-refractivity contribution in [2.75, 3.05) is 0 Å². The Labute approximate surface area is 154 Å². The average molecular weight is 447 g/mol. The highest BCUT2D eigenvalue weighted by Crippen LogP contribution is 2.30.